The van der Waals surface area contributed by atoms with Gasteiger partial charge in [0.1, 0.15) is 0 Å². The number of hydrogen-bond acceptors (Lipinski definition) is 3. The summed E-state index contributed by atoms with van der Waals surface area (Å²) in [7, 11) is 3.16. The van der Waals surface area contributed by atoms with E-state index in [1.807, 2.05) is 19.1 Å². The van der Waals surface area contributed by atoms with E-state index >= 15 is 0 Å². The van der Waals surface area contributed by atoms with E-state index in [0.29, 0.717) is 23.5 Å². The smallest absolute Gasteiger partial charge is 0.244 e. The highest BCUT2D eigenvalue weighted by molar-refractivity contribution is 5.96. The number of benzene rings is 1. The first-order valence-electron chi connectivity index (χ1n) is 5.84. The molecule has 0 bridgehead atoms. The van der Waals surface area contributed by atoms with Crippen molar-refractivity contribution in [2.24, 2.45) is 5.73 Å². The van der Waals surface area contributed by atoms with Crippen LogP contribution in [-0.4, -0.2) is 20.1 Å². The van der Waals surface area contributed by atoms with E-state index in [4.69, 9.17) is 15.2 Å². The van der Waals surface area contributed by atoms with Crippen LogP contribution in [0.5, 0.6) is 11.5 Å². The molecule has 0 spiro atoms. The van der Waals surface area contributed by atoms with Gasteiger partial charge in [-0.2, -0.15) is 0 Å². The highest BCUT2D eigenvalue weighted by Gasteiger charge is 2.06. The van der Waals surface area contributed by atoms with Crippen LogP contribution >= 0.6 is 0 Å². The van der Waals surface area contributed by atoms with Crippen LogP contribution in [0.3, 0.4) is 0 Å². The lowest BCUT2D eigenvalue weighted by atomic mass is 10.1. The first-order chi connectivity index (χ1) is 8.62. The van der Waals surface area contributed by atoms with Gasteiger partial charge in [-0.05, 0) is 30.2 Å². The molecule has 98 valence electrons. The Hall–Kier alpha value is -1.97. The molecule has 4 nitrogen and oxygen atoms in total. The number of ether oxygens (including phenoxy) is 2. The van der Waals surface area contributed by atoms with Gasteiger partial charge in [-0.3, -0.25) is 4.79 Å². The van der Waals surface area contributed by atoms with E-state index < -0.39 is 0 Å². The van der Waals surface area contributed by atoms with Crippen molar-refractivity contribution in [1.82, 2.24) is 0 Å². The fraction of sp³-hybridized carbons (Fsp3) is 0.357. The number of amides is 1. The van der Waals surface area contributed by atoms with E-state index in [9.17, 15) is 4.79 Å². The normalized spacial score (nSPS) is 11.2. The second-order valence-corrected chi connectivity index (χ2v) is 3.90. The number of methoxy groups -OCH3 is 2. The summed E-state index contributed by atoms with van der Waals surface area (Å²) in [6.45, 7) is 2.01. The van der Waals surface area contributed by atoms with Crippen molar-refractivity contribution in [1.29, 1.82) is 0 Å². The third-order valence-corrected chi connectivity index (χ3v) is 2.58. The SMILES string of the molecule is CCCC(=Cc1ccc(OC)c(OC)c1)C(N)=O. The largest absolute Gasteiger partial charge is 0.493 e. The highest BCUT2D eigenvalue weighted by Crippen LogP contribution is 2.28. The molecule has 0 aromatic heterocycles. The summed E-state index contributed by atoms with van der Waals surface area (Å²) in [4.78, 5) is 11.3. The van der Waals surface area contributed by atoms with Gasteiger partial charge < -0.3 is 15.2 Å². The second-order valence-electron chi connectivity index (χ2n) is 3.90. The van der Waals surface area contributed by atoms with Gasteiger partial charge in [-0.15, -0.1) is 0 Å². The number of hydrogen-bond donors (Lipinski definition) is 1. The molecule has 0 heterocycles. The summed E-state index contributed by atoms with van der Waals surface area (Å²) in [6.07, 6.45) is 3.33. The summed E-state index contributed by atoms with van der Waals surface area (Å²) in [5, 5.41) is 0. The maximum atomic E-state index is 11.3. The minimum absolute atomic E-state index is 0.383. The molecule has 0 atom stereocenters. The van der Waals surface area contributed by atoms with E-state index in [1.165, 1.54) is 0 Å². The van der Waals surface area contributed by atoms with Gasteiger partial charge in [0, 0.05) is 5.57 Å². The summed E-state index contributed by atoms with van der Waals surface area (Å²) < 4.78 is 10.4. The van der Waals surface area contributed by atoms with Crippen LogP contribution in [0.2, 0.25) is 0 Å². The topological polar surface area (TPSA) is 61.6 Å². The quantitative estimate of drug-likeness (QED) is 0.787. The van der Waals surface area contributed by atoms with Gasteiger partial charge in [-0.1, -0.05) is 19.4 Å². The Labute approximate surface area is 107 Å². The van der Waals surface area contributed by atoms with Crippen LogP contribution in [0.25, 0.3) is 6.08 Å². The summed E-state index contributed by atoms with van der Waals surface area (Å²) in [6, 6.07) is 5.48. The predicted molar refractivity (Wildman–Crippen MR) is 71.6 cm³/mol. The fourth-order valence-corrected chi connectivity index (χ4v) is 1.68. The zero-order valence-corrected chi connectivity index (χ0v) is 11.0. The average molecular weight is 249 g/mol. The third-order valence-electron chi connectivity index (χ3n) is 2.58. The maximum Gasteiger partial charge on any atom is 0.244 e. The van der Waals surface area contributed by atoms with Crippen LogP contribution in [-0.2, 0) is 4.79 Å². The number of nitrogens with two attached hydrogens (primary N) is 1. The molecule has 0 aliphatic carbocycles. The monoisotopic (exact) mass is 249 g/mol. The molecular weight excluding hydrogens is 230 g/mol. The standard InChI is InChI=1S/C14H19NO3/c1-4-5-11(14(15)16)8-10-6-7-12(17-2)13(9-10)18-3/h6-9H,4-5H2,1-3H3,(H2,15,16). The van der Waals surface area contributed by atoms with Crippen LogP contribution in [0.4, 0.5) is 0 Å². The Morgan fingerprint density at radius 1 is 1.28 bits per heavy atom. The second kappa shape index (κ2) is 6.69. The molecule has 1 aromatic carbocycles. The molecule has 1 aromatic rings. The predicted octanol–water partition coefficient (Wildman–Crippen LogP) is 2.37. The number of rotatable bonds is 6. The maximum absolute atomic E-state index is 11.3. The minimum Gasteiger partial charge on any atom is -0.493 e. The summed E-state index contributed by atoms with van der Waals surface area (Å²) in [5.41, 5.74) is 6.82. The minimum atomic E-state index is -0.383. The summed E-state index contributed by atoms with van der Waals surface area (Å²) in [5.74, 6) is 0.906. The zero-order chi connectivity index (χ0) is 13.5. The van der Waals surface area contributed by atoms with Gasteiger partial charge in [0.25, 0.3) is 0 Å². The molecule has 0 aliphatic rings. The Kier molecular flexibility index (Phi) is 5.24. The molecule has 18 heavy (non-hydrogen) atoms. The molecular formula is C14H19NO3. The average Bonchev–Trinajstić information content (AvgIpc) is 2.37. The number of carbonyl (C=O) groups excluding carboxylic acids is 1. The molecule has 0 fully saturated rings. The van der Waals surface area contributed by atoms with Crippen LogP contribution in [0.1, 0.15) is 25.3 Å². The highest BCUT2D eigenvalue weighted by atomic mass is 16.5. The fourth-order valence-electron chi connectivity index (χ4n) is 1.68. The van der Waals surface area contributed by atoms with E-state index in [-0.39, 0.29) is 5.91 Å². The molecule has 0 unspecified atom stereocenters. The van der Waals surface area contributed by atoms with E-state index in [2.05, 4.69) is 0 Å². The number of primary amides is 1. The Bertz CT molecular complexity index is 452. The number of carbonyl (C=O) groups is 1. The Morgan fingerprint density at radius 3 is 2.44 bits per heavy atom. The van der Waals surface area contributed by atoms with Gasteiger partial charge in [0.2, 0.25) is 5.91 Å². The molecule has 0 radical (unpaired) electrons. The van der Waals surface area contributed by atoms with Crippen LogP contribution in [0.15, 0.2) is 23.8 Å². The van der Waals surface area contributed by atoms with Crippen molar-refractivity contribution in [3.63, 3.8) is 0 Å². The first kappa shape index (κ1) is 14.1. The van der Waals surface area contributed by atoms with Crippen LogP contribution in [0, 0.1) is 0 Å². The Morgan fingerprint density at radius 2 is 1.94 bits per heavy atom. The van der Waals surface area contributed by atoms with Crippen LogP contribution < -0.4 is 15.2 Å². The molecule has 2 N–H and O–H groups in total. The van der Waals surface area contributed by atoms with Crippen molar-refractivity contribution < 1.29 is 14.3 Å². The lowest BCUT2D eigenvalue weighted by molar-refractivity contribution is -0.114. The lowest BCUT2D eigenvalue weighted by Crippen LogP contribution is -2.13. The van der Waals surface area contributed by atoms with Crippen molar-refractivity contribution >= 4 is 12.0 Å². The Balaban J connectivity index is 3.09. The first-order valence-corrected chi connectivity index (χ1v) is 5.84. The molecule has 1 amide bonds. The van der Waals surface area contributed by atoms with Gasteiger partial charge >= 0.3 is 0 Å². The molecule has 0 aliphatic heterocycles. The molecule has 4 heteroatoms. The van der Waals surface area contributed by atoms with Crippen molar-refractivity contribution in [2.75, 3.05) is 14.2 Å². The summed E-state index contributed by atoms with van der Waals surface area (Å²) >= 11 is 0. The van der Waals surface area contributed by atoms with E-state index in [0.717, 1.165) is 12.0 Å². The van der Waals surface area contributed by atoms with Crippen molar-refractivity contribution in [2.45, 2.75) is 19.8 Å². The third kappa shape index (κ3) is 3.52. The van der Waals surface area contributed by atoms with E-state index in [1.54, 1.807) is 26.4 Å². The molecule has 0 saturated carbocycles. The molecule has 1 rings (SSSR count). The zero-order valence-electron chi connectivity index (χ0n) is 11.0. The van der Waals surface area contributed by atoms with Gasteiger partial charge in [0.05, 0.1) is 14.2 Å². The van der Waals surface area contributed by atoms with Crippen molar-refractivity contribution in [3.05, 3.63) is 29.3 Å². The lowest BCUT2D eigenvalue weighted by Gasteiger charge is -2.08. The van der Waals surface area contributed by atoms with Gasteiger partial charge in [0.15, 0.2) is 11.5 Å². The molecule has 0 saturated heterocycles. The van der Waals surface area contributed by atoms with Crippen molar-refractivity contribution in [3.8, 4) is 11.5 Å². The van der Waals surface area contributed by atoms with Gasteiger partial charge in [-0.25, -0.2) is 0 Å².